The van der Waals surface area contributed by atoms with Crippen molar-refractivity contribution in [1.82, 2.24) is 15.5 Å². The van der Waals surface area contributed by atoms with E-state index in [4.69, 9.17) is 0 Å². The van der Waals surface area contributed by atoms with E-state index in [2.05, 4.69) is 15.6 Å². The highest BCUT2D eigenvalue weighted by Crippen LogP contribution is 2.13. The smallest absolute Gasteiger partial charge is 0.191 e. The summed E-state index contributed by atoms with van der Waals surface area (Å²) >= 11 is 0. The van der Waals surface area contributed by atoms with E-state index in [1.165, 1.54) is 12.1 Å². The van der Waals surface area contributed by atoms with Gasteiger partial charge in [0.1, 0.15) is 17.5 Å². The predicted octanol–water partition coefficient (Wildman–Crippen LogP) is 4.08. The minimum absolute atomic E-state index is 0. The van der Waals surface area contributed by atoms with Crippen molar-refractivity contribution in [1.29, 1.82) is 0 Å². The van der Waals surface area contributed by atoms with Crippen LogP contribution in [0.3, 0.4) is 0 Å². The molecular formula is C21H28F3IN4. The number of guanidine groups is 1. The molecule has 0 spiro atoms. The molecule has 2 rings (SSSR count). The van der Waals surface area contributed by atoms with Crippen molar-refractivity contribution in [2.24, 2.45) is 4.99 Å². The molecule has 0 amide bonds. The molecule has 0 fully saturated rings. The molecule has 0 aromatic heterocycles. The van der Waals surface area contributed by atoms with Crippen molar-refractivity contribution in [3.05, 3.63) is 70.5 Å². The molecule has 0 aliphatic rings. The Hall–Kier alpha value is -1.81. The number of halogens is 4. The van der Waals surface area contributed by atoms with E-state index in [9.17, 15) is 13.2 Å². The van der Waals surface area contributed by atoms with Crippen LogP contribution in [0.5, 0.6) is 0 Å². The first-order valence-electron chi connectivity index (χ1n) is 9.27. The first kappa shape index (κ1) is 25.2. The Morgan fingerprint density at radius 3 is 2.34 bits per heavy atom. The summed E-state index contributed by atoms with van der Waals surface area (Å²) in [5, 5.41) is 6.22. The van der Waals surface area contributed by atoms with Crippen LogP contribution in [0.2, 0.25) is 0 Å². The maximum Gasteiger partial charge on any atom is 0.191 e. The summed E-state index contributed by atoms with van der Waals surface area (Å²) in [6, 6.07) is 8.41. The molecule has 0 aliphatic carbocycles. The lowest BCUT2D eigenvalue weighted by Crippen LogP contribution is -2.38. The Morgan fingerprint density at radius 2 is 1.66 bits per heavy atom. The highest BCUT2D eigenvalue weighted by Gasteiger charge is 2.07. The average molecular weight is 520 g/mol. The third-order valence-electron chi connectivity index (χ3n) is 4.06. The number of nitrogens with zero attached hydrogens (tertiary/aromatic N) is 2. The largest absolute Gasteiger partial charge is 0.357 e. The van der Waals surface area contributed by atoms with E-state index in [1.807, 2.05) is 32.0 Å². The van der Waals surface area contributed by atoms with Gasteiger partial charge in [-0.05, 0) is 68.9 Å². The van der Waals surface area contributed by atoms with Crippen molar-refractivity contribution in [3.8, 4) is 0 Å². The average Bonchev–Trinajstić information content (AvgIpc) is 2.64. The molecule has 4 nitrogen and oxygen atoms in total. The van der Waals surface area contributed by atoms with Crippen LogP contribution in [-0.4, -0.2) is 38.0 Å². The van der Waals surface area contributed by atoms with Crippen LogP contribution in [0.15, 0.2) is 41.4 Å². The quantitative estimate of drug-likeness (QED) is 0.313. The molecule has 0 atom stereocenters. The second-order valence-corrected chi connectivity index (χ2v) is 6.77. The molecule has 2 N–H and O–H groups in total. The maximum absolute atomic E-state index is 13.9. The molecule has 0 bridgehead atoms. The van der Waals surface area contributed by atoms with Crippen molar-refractivity contribution in [2.75, 3.05) is 27.2 Å². The van der Waals surface area contributed by atoms with Gasteiger partial charge in [0.2, 0.25) is 0 Å². The number of nitrogens with one attached hydrogen (secondary N) is 2. The molecule has 0 saturated carbocycles. The van der Waals surface area contributed by atoms with Crippen LogP contribution in [-0.2, 0) is 19.5 Å². The van der Waals surface area contributed by atoms with Crippen molar-refractivity contribution < 1.29 is 13.2 Å². The molecule has 29 heavy (non-hydrogen) atoms. The van der Waals surface area contributed by atoms with Crippen LogP contribution < -0.4 is 10.6 Å². The number of aliphatic imine (C=N–C) groups is 1. The summed E-state index contributed by atoms with van der Waals surface area (Å²) in [4.78, 5) is 6.40. The molecule has 2 aromatic rings. The molecule has 160 valence electrons. The predicted molar refractivity (Wildman–Crippen MR) is 122 cm³/mol. The minimum atomic E-state index is -0.457. The van der Waals surface area contributed by atoms with Crippen molar-refractivity contribution in [3.63, 3.8) is 0 Å². The van der Waals surface area contributed by atoms with Gasteiger partial charge in [-0.25, -0.2) is 18.2 Å². The lowest BCUT2D eigenvalue weighted by Gasteiger charge is -2.13. The summed E-state index contributed by atoms with van der Waals surface area (Å²) in [6.07, 6.45) is 0.331. The van der Waals surface area contributed by atoms with Gasteiger partial charge in [0.05, 0.1) is 6.54 Å². The maximum atomic E-state index is 13.9. The van der Waals surface area contributed by atoms with Crippen molar-refractivity contribution in [2.45, 2.75) is 26.4 Å². The van der Waals surface area contributed by atoms with E-state index in [0.29, 0.717) is 49.7 Å². The third-order valence-corrected chi connectivity index (χ3v) is 4.06. The Balaban J connectivity index is 0.00000420. The second kappa shape index (κ2) is 12.7. The fourth-order valence-electron chi connectivity index (χ4n) is 2.75. The molecule has 0 unspecified atom stereocenters. The van der Waals surface area contributed by atoms with Gasteiger partial charge in [-0.1, -0.05) is 6.07 Å². The fourth-order valence-corrected chi connectivity index (χ4v) is 2.75. The standard InChI is InChI=1S/C21H27F3N4.HI/c1-4-25-21(26-10-9-16-12-18(22)6-8-19(16)23)27-13-15-5-7-20(24)17(11-15)14-28(2)3;/h5-8,11-12H,4,9-10,13-14H2,1-3H3,(H2,25,26,27);1H. The van der Waals surface area contributed by atoms with Crippen LogP contribution >= 0.6 is 24.0 Å². The summed E-state index contributed by atoms with van der Waals surface area (Å²) < 4.78 is 40.8. The SMILES string of the molecule is CCNC(=NCc1ccc(F)c(CN(C)C)c1)NCCc1cc(F)ccc1F.I. The van der Waals surface area contributed by atoms with E-state index in [-0.39, 0.29) is 29.8 Å². The highest BCUT2D eigenvalue weighted by atomic mass is 127. The first-order chi connectivity index (χ1) is 13.4. The van der Waals surface area contributed by atoms with Gasteiger partial charge in [0.25, 0.3) is 0 Å². The molecule has 0 heterocycles. The van der Waals surface area contributed by atoms with Crippen molar-refractivity contribution >= 4 is 29.9 Å². The lowest BCUT2D eigenvalue weighted by atomic mass is 10.1. The first-order valence-corrected chi connectivity index (χ1v) is 9.27. The Morgan fingerprint density at radius 1 is 0.966 bits per heavy atom. The normalized spacial score (nSPS) is 11.3. The van der Waals surface area contributed by atoms with Gasteiger partial charge in [-0.3, -0.25) is 0 Å². The van der Waals surface area contributed by atoms with E-state index in [0.717, 1.165) is 17.7 Å². The lowest BCUT2D eigenvalue weighted by molar-refractivity contribution is 0.392. The Labute approximate surface area is 187 Å². The zero-order valence-electron chi connectivity index (χ0n) is 16.9. The van der Waals surface area contributed by atoms with Gasteiger partial charge in [0.15, 0.2) is 5.96 Å². The summed E-state index contributed by atoms with van der Waals surface area (Å²) in [7, 11) is 3.78. The Kier molecular flexibility index (Phi) is 11.0. The summed E-state index contributed by atoms with van der Waals surface area (Å²) in [6.45, 7) is 3.90. The molecule has 0 aliphatic heterocycles. The topological polar surface area (TPSA) is 39.7 Å². The zero-order chi connectivity index (χ0) is 20.5. The van der Waals surface area contributed by atoms with Gasteiger partial charge < -0.3 is 15.5 Å². The van der Waals surface area contributed by atoms with Crippen LogP contribution in [0.1, 0.15) is 23.6 Å². The Bertz CT molecular complexity index is 813. The number of benzene rings is 2. The van der Waals surface area contributed by atoms with E-state index in [1.54, 1.807) is 6.07 Å². The van der Waals surface area contributed by atoms with E-state index >= 15 is 0 Å². The summed E-state index contributed by atoms with van der Waals surface area (Å²) in [5.41, 5.74) is 1.83. The fraction of sp³-hybridized carbons (Fsp3) is 0.381. The van der Waals surface area contributed by atoms with Gasteiger partial charge >= 0.3 is 0 Å². The molecule has 2 aromatic carbocycles. The number of hydrogen-bond acceptors (Lipinski definition) is 2. The number of rotatable bonds is 8. The van der Waals surface area contributed by atoms with Gasteiger partial charge in [-0.2, -0.15) is 0 Å². The number of hydrogen-bond donors (Lipinski definition) is 2. The highest BCUT2D eigenvalue weighted by molar-refractivity contribution is 14.0. The monoisotopic (exact) mass is 520 g/mol. The minimum Gasteiger partial charge on any atom is -0.357 e. The van der Waals surface area contributed by atoms with Crippen LogP contribution in [0.4, 0.5) is 13.2 Å². The van der Waals surface area contributed by atoms with Crippen LogP contribution in [0.25, 0.3) is 0 Å². The second-order valence-electron chi connectivity index (χ2n) is 6.77. The van der Waals surface area contributed by atoms with E-state index < -0.39 is 11.6 Å². The third kappa shape index (κ3) is 8.61. The molecule has 0 saturated heterocycles. The summed E-state index contributed by atoms with van der Waals surface area (Å²) in [5.74, 6) is -0.548. The molecule has 8 heteroatoms. The molecule has 0 radical (unpaired) electrons. The zero-order valence-corrected chi connectivity index (χ0v) is 19.3. The molecular weight excluding hydrogens is 492 g/mol. The van der Waals surface area contributed by atoms with Crippen LogP contribution in [0, 0.1) is 17.5 Å². The van der Waals surface area contributed by atoms with Gasteiger partial charge in [0, 0.05) is 25.2 Å². The van der Waals surface area contributed by atoms with Gasteiger partial charge in [-0.15, -0.1) is 24.0 Å².